The van der Waals surface area contributed by atoms with Crippen LogP contribution in [0.25, 0.3) is 40.4 Å². The van der Waals surface area contributed by atoms with Crippen LogP contribution in [0.1, 0.15) is 11.1 Å². The Labute approximate surface area is 233 Å². The van der Waals surface area contributed by atoms with Gasteiger partial charge in [-0.15, -0.1) is 34.0 Å². The van der Waals surface area contributed by atoms with E-state index in [4.69, 9.17) is 23.2 Å². The molecule has 0 saturated heterocycles. The number of carbonyl (C=O) groups is 2. The van der Waals surface area contributed by atoms with Crippen molar-refractivity contribution < 1.29 is 19.8 Å². The van der Waals surface area contributed by atoms with Gasteiger partial charge in [0.1, 0.15) is 10.3 Å². The van der Waals surface area contributed by atoms with Gasteiger partial charge in [-0.1, -0.05) is 23.2 Å². The molecule has 2 N–H and O–H groups in total. The normalized spacial score (nSPS) is 11.1. The molecule has 5 aromatic heterocycles. The minimum atomic E-state index is -0.917. The van der Waals surface area contributed by atoms with Crippen molar-refractivity contribution in [3.8, 4) is 40.4 Å². The number of pyridine rings is 2. The van der Waals surface area contributed by atoms with Crippen molar-refractivity contribution in [3.05, 3.63) is 82.4 Å². The van der Waals surface area contributed by atoms with Crippen LogP contribution in [0.3, 0.4) is 0 Å². The quantitative estimate of drug-likeness (QED) is 0.179. The fourth-order valence-electron chi connectivity index (χ4n) is 3.77. The highest BCUT2D eigenvalue weighted by Gasteiger charge is 2.20. The van der Waals surface area contributed by atoms with E-state index in [9.17, 15) is 19.8 Å². The highest BCUT2D eigenvalue weighted by Crippen LogP contribution is 2.46. The second kappa shape index (κ2) is 10.7. The number of carboxylic acid groups (broad SMARTS) is 2. The molecule has 6 nitrogen and oxygen atoms in total. The maximum Gasteiger partial charge on any atom is 0.307 e. The maximum atomic E-state index is 11.6. The number of rotatable bonds is 8. The number of hydrogen-bond acceptors (Lipinski definition) is 7. The third-order valence-corrected chi connectivity index (χ3v) is 9.72. The maximum absolute atomic E-state index is 11.6. The van der Waals surface area contributed by atoms with E-state index in [1.807, 2.05) is 36.4 Å². The van der Waals surface area contributed by atoms with Gasteiger partial charge in [0, 0.05) is 52.8 Å². The smallest absolute Gasteiger partial charge is 0.307 e. The summed E-state index contributed by atoms with van der Waals surface area (Å²) in [5.74, 6) is -1.83. The largest absolute Gasteiger partial charge is 0.481 e. The van der Waals surface area contributed by atoms with Crippen molar-refractivity contribution in [2.24, 2.45) is 0 Å². The minimum Gasteiger partial charge on any atom is -0.481 e. The van der Waals surface area contributed by atoms with Crippen LogP contribution in [-0.2, 0) is 22.4 Å². The van der Waals surface area contributed by atoms with Crippen molar-refractivity contribution in [1.29, 1.82) is 0 Å². The Hall–Kier alpha value is -3.08. The third kappa shape index (κ3) is 5.76. The van der Waals surface area contributed by atoms with Crippen molar-refractivity contribution in [2.45, 2.75) is 12.8 Å². The van der Waals surface area contributed by atoms with Gasteiger partial charge < -0.3 is 10.2 Å². The summed E-state index contributed by atoms with van der Waals surface area (Å²) in [5, 5.41) is 19.8. The molecule has 0 saturated carbocycles. The van der Waals surface area contributed by atoms with Gasteiger partial charge in [0.25, 0.3) is 0 Å². The summed E-state index contributed by atoms with van der Waals surface area (Å²) in [5.41, 5.74) is 3.13. The molecule has 0 radical (unpaired) electrons. The van der Waals surface area contributed by atoms with E-state index in [0.29, 0.717) is 21.4 Å². The van der Waals surface area contributed by atoms with Crippen LogP contribution in [0.5, 0.6) is 0 Å². The average Bonchev–Trinajstić information content (AvgIpc) is 3.58. The lowest BCUT2D eigenvalue weighted by Gasteiger charge is -1.99. The Morgan fingerprint density at radius 3 is 1.43 bits per heavy atom. The van der Waals surface area contributed by atoms with Crippen LogP contribution >= 0.6 is 57.2 Å². The van der Waals surface area contributed by atoms with Crippen molar-refractivity contribution in [3.63, 3.8) is 0 Å². The van der Waals surface area contributed by atoms with Gasteiger partial charge in [0.2, 0.25) is 0 Å². The zero-order chi connectivity index (χ0) is 26.1. The number of thiophene rings is 3. The molecule has 0 bridgehead atoms. The Morgan fingerprint density at radius 2 is 1.08 bits per heavy atom. The Bertz CT molecular complexity index is 1490. The van der Waals surface area contributed by atoms with E-state index in [0.717, 1.165) is 40.4 Å². The number of aliphatic carboxylic acids is 2. The molecule has 0 fully saturated rings. The first-order valence-electron chi connectivity index (χ1n) is 10.8. The highest BCUT2D eigenvalue weighted by molar-refractivity contribution is 7.28. The molecule has 0 aromatic carbocycles. The van der Waals surface area contributed by atoms with Crippen LogP contribution < -0.4 is 0 Å². The van der Waals surface area contributed by atoms with Gasteiger partial charge in [-0.3, -0.25) is 9.59 Å². The first-order chi connectivity index (χ1) is 17.8. The van der Waals surface area contributed by atoms with Gasteiger partial charge in [-0.25, -0.2) is 9.97 Å². The second-order valence-corrected chi connectivity index (χ2v) is 11.9. The van der Waals surface area contributed by atoms with Crippen molar-refractivity contribution >= 4 is 69.2 Å². The summed E-state index contributed by atoms with van der Waals surface area (Å²) in [6, 6.07) is 14.8. The van der Waals surface area contributed by atoms with Crippen molar-refractivity contribution in [2.75, 3.05) is 0 Å². The summed E-state index contributed by atoms with van der Waals surface area (Å²) in [4.78, 5) is 36.8. The molecule has 5 rings (SSSR count). The first-order valence-corrected chi connectivity index (χ1v) is 14.0. The lowest BCUT2D eigenvalue weighted by molar-refractivity contribution is -0.137. The molecular weight excluding hydrogens is 571 g/mol. The zero-order valence-electron chi connectivity index (χ0n) is 18.8. The van der Waals surface area contributed by atoms with E-state index in [-0.39, 0.29) is 12.8 Å². The van der Waals surface area contributed by atoms with Gasteiger partial charge in [-0.2, -0.15) is 0 Å². The van der Waals surface area contributed by atoms with Crippen LogP contribution in [0.4, 0.5) is 0 Å². The molecule has 37 heavy (non-hydrogen) atoms. The summed E-state index contributed by atoms with van der Waals surface area (Å²) >= 11 is 16.3. The predicted octanol–water partition coefficient (Wildman–Crippen LogP) is 7.89. The monoisotopic (exact) mass is 586 g/mol. The Kier molecular flexibility index (Phi) is 7.41. The van der Waals surface area contributed by atoms with Gasteiger partial charge >= 0.3 is 11.9 Å². The van der Waals surface area contributed by atoms with Crippen LogP contribution in [0.15, 0.2) is 60.9 Å². The number of aromatic nitrogens is 2. The van der Waals surface area contributed by atoms with Gasteiger partial charge in [0.05, 0.1) is 12.8 Å². The standard InChI is InChI=1S/C26H16Cl2N2O4S3/c27-21-5-1-13(11-29-21)19-7-15(9-23(31)32)25(36-19)17-3-4-18(35-17)26-16(10-24(33)34)8-20(37-26)14-2-6-22(28)30-12-14/h1-8,11-12H,9-10H2,(H,31,32)(H,33,34). The van der Waals surface area contributed by atoms with Gasteiger partial charge in [0.15, 0.2) is 0 Å². The fourth-order valence-corrected chi connectivity index (χ4v) is 7.63. The SMILES string of the molecule is O=C(O)Cc1cc(-c2ccc(Cl)nc2)sc1-c1ccc(-c2sc(-c3ccc(Cl)nc3)cc2CC(=O)O)s1. The molecule has 0 atom stereocenters. The molecule has 186 valence electrons. The molecule has 0 aliphatic heterocycles. The Morgan fingerprint density at radius 1 is 0.649 bits per heavy atom. The van der Waals surface area contributed by atoms with E-state index < -0.39 is 11.9 Å². The number of carboxylic acids is 2. The molecule has 5 heterocycles. The summed E-state index contributed by atoms with van der Waals surface area (Å²) in [7, 11) is 0. The molecule has 0 unspecified atom stereocenters. The fraction of sp³-hybridized carbons (Fsp3) is 0.0769. The lowest BCUT2D eigenvalue weighted by Crippen LogP contribution is -1.99. The van der Waals surface area contributed by atoms with E-state index in [1.54, 1.807) is 24.5 Å². The highest BCUT2D eigenvalue weighted by atomic mass is 35.5. The van der Waals surface area contributed by atoms with E-state index in [2.05, 4.69) is 9.97 Å². The van der Waals surface area contributed by atoms with Gasteiger partial charge in [-0.05, 0) is 59.7 Å². The molecule has 5 aromatic rings. The van der Waals surface area contributed by atoms with Crippen LogP contribution in [-0.4, -0.2) is 32.1 Å². The predicted molar refractivity (Wildman–Crippen MR) is 150 cm³/mol. The average molecular weight is 588 g/mol. The molecule has 0 aliphatic rings. The minimum absolute atomic E-state index is 0.114. The number of halogens is 2. The van der Waals surface area contributed by atoms with Crippen molar-refractivity contribution in [1.82, 2.24) is 9.97 Å². The Balaban J connectivity index is 1.55. The molecular formula is C26H16Cl2N2O4S3. The van der Waals surface area contributed by atoms with E-state index >= 15 is 0 Å². The molecule has 11 heteroatoms. The number of hydrogen-bond donors (Lipinski definition) is 2. The first kappa shape index (κ1) is 25.6. The summed E-state index contributed by atoms with van der Waals surface area (Å²) in [6.45, 7) is 0. The molecule has 0 aliphatic carbocycles. The van der Waals surface area contributed by atoms with E-state index in [1.165, 1.54) is 34.0 Å². The van der Waals surface area contributed by atoms with Crippen LogP contribution in [0, 0.1) is 0 Å². The molecule has 0 spiro atoms. The van der Waals surface area contributed by atoms with Crippen LogP contribution in [0.2, 0.25) is 10.3 Å². The lowest BCUT2D eigenvalue weighted by atomic mass is 10.1. The number of nitrogens with zero attached hydrogens (tertiary/aromatic N) is 2. The zero-order valence-corrected chi connectivity index (χ0v) is 22.7. The molecule has 0 amide bonds. The topological polar surface area (TPSA) is 100 Å². The third-order valence-electron chi connectivity index (χ3n) is 5.38. The summed E-state index contributed by atoms with van der Waals surface area (Å²) < 4.78 is 0. The summed E-state index contributed by atoms with van der Waals surface area (Å²) in [6.07, 6.45) is 3.10. The second-order valence-electron chi connectivity index (χ2n) is 7.97.